The predicted molar refractivity (Wildman–Crippen MR) is 72.5 cm³/mol. The number of carboxylic acids is 1. The van der Waals surface area contributed by atoms with Crippen molar-refractivity contribution >= 4 is 34.6 Å². The fourth-order valence-corrected chi connectivity index (χ4v) is 1.88. The Hall–Kier alpha value is -2.34. The summed E-state index contributed by atoms with van der Waals surface area (Å²) in [6.07, 6.45) is 0. The maximum absolute atomic E-state index is 13.6. The number of rotatable bonds is 3. The standard InChI is InChI=1S/C13H9ClF2N2O2/c14-9-3-6(15)4-10(16)12(9)18-7-1-2-8(13(19)20)11(17)5-7/h1-5,18H,17H2,(H,19,20). The van der Waals surface area contributed by atoms with Crippen LogP contribution in [0.1, 0.15) is 10.4 Å². The van der Waals surface area contributed by atoms with Gasteiger partial charge in [-0.1, -0.05) is 11.6 Å². The third-order valence-corrected chi connectivity index (χ3v) is 2.86. The van der Waals surface area contributed by atoms with E-state index in [0.717, 1.165) is 6.07 Å². The molecule has 0 unspecified atom stereocenters. The van der Waals surface area contributed by atoms with E-state index in [9.17, 15) is 13.6 Å². The number of aromatic carboxylic acids is 1. The summed E-state index contributed by atoms with van der Waals surface area (Å²) in [6.45, 7) is 0. The van der Waals surface area contributed by atoms with Gasteiger partial charge in [0, 0.05) is 17.4 Å². The van der Waals surface area contributed by atoms with Gasteiger partial charge in [-0.2, -0.15) is 0 Å². The Bertz CT molecular complexity index is 669. The van der Waals surface area contributed by atoms with Crippen LogP contribution in [0.25, 0.3) is 0 Å². The van der Waals surface area contributed by atoms with E-state index in [2.05, 4.69) is 5.32 Å². The van der Waals surface area contributed by atoms with Gasteiger partial charge < -0.3 is 16.2 Å². The highest BCUT2D eigenvalue weighted by Gasteiger charge is 2.12. The fourth-order valence-electron chi connectivity index (χ4n) is 1.64. The number of nitrogens with one attached hydrogen (secondary N) is 1. The van der Waals surface area contributed by atoms with Crippen molar-refractivity contribution < 1.29 is 18.7 Å². The van der Waals surface area contributed by atoms with Gasteiger partial charge in [-0.15, -0.1) is 0 Å². The van der Waals surface area contributed by atoms with Crippen LogP contribution in [0.2, 0.25) is 5.02 Å². The molecule has 0 saturated carbocycles. The highest BCUT2D eigenvalue weighted by molar-refractivity contribution is 6.33. The molecule has 4 nitrogen and oxygen atoms in total. The van der Waals surface area contributed by atoms with Gasteiger partial charge in [-0.3, -0.25) is 0 Å². The summed E-state index contributed by atoms with van der Waals surface area (Å²) in [5.41, 5.74) is 5.73. The SMILES string of the molecule is Nc1cc(Nc2c(F)cc(F)cc2Cl)ccc1C(=O)O. The zero-order chi connectivity index (χ0) is 14.9. The van der Waals surface area contributed by atoms with E-state index >= 15 is 0 Å². The zero-order valence-electron chi connectivity index (χ0n) is 9.95. The first-order chi connectivity index (χ1) is 9.38. The van der Waals surface area contributed by atoms with Crippen molar-refractivity contribution in [3.8, 4) is 0 Å². The molecule has 0 radical (unpaired) electrons. The number of anilines is 3. The molecular weight excluding hydrogens is 290 g/mol. The van der Waals surface area contributed by atoms with Crippen LogP contribution in [0.4, 0.5) is 25.8 Å². The first-order valence-electron chi connectivity index (χ1n) is 5.43. The van der Waals surface area contributed by atoms with Crippen LogP contribution in [0.3, 0.4) is 0 Å². The number of carbonyl (C=O) groups is 1. The normalized spacial score (nSPS) is 10.3. The summed E-state index contributed by atoms with van der Waals surface area (Å²) in [7, 11) is 0. The lowest BCUT2D eigenvalue weighted by molar-refractivity contribution is 0.0698. The summed E-state index contributed by atoms with van der Waals surface area (Å²) in [5.74, 6) is -2.82. The fraction of sp³-hybridized carbons (Fsp3) is 0. The van der Waals surface area contributed by atoms with Crippen molar-refractivity contribution in [3.05, 3.63) is 52.6 Å². The summed E-state index contributed by atoms with van der Waals surface area (Å²) in [6, 6.07) is 5.64. The third kappa shape index (κ3) is 2.80. The molecule has 0 aliphatic carbocycles. The molecule has 0 spiro atoms. The molecule has 0 saturated heterocycles. The van der Waals surface area contributed by atoms with E-state index in [4.69, 9.17) is 22.4 Å². The molecule has 104 valence electrons. The summed E-state index contributed by atoms with van der Waals surface area (Å²) in [4.78, 5) is 10.8. The van der Waals surface area contributed by atoms with E-state index in [1.165, 1.54) is 18.2 Å². The zero-order valence-corrected chi connectivity index (χ0v) is 10.7. The van der Waals surface area contributed by atoms with Crippen molar-refractivity contribution in [3.63, 3.8) is 0 Å². The molecule has 0 atom stereocenters. The molecule has 0 bridgehead atoms. The number of nitrogen functional groups attached to an aromatic ring is 1. The predicted octanol–water partition coefficient (Wildman–Crippen LogP) is 3.64. The number of carboxylic acid groups (broad SMARTS) is 1. The largest absolute Gasteiger partial charge is 0.478 e. The molecule has 0 heterocycles. The van der Waals surface area contributed by atoms with Crippen molar-refractivity contribution in [2.45, 2.75) is 0 Å². The molecule has 0 aliphatic heterocycles. The van der Waals surface area contributed by atoms with E-state index in [0.29, 0.717) is 11.8 Å². The molecule has 2 aromatic carbocycles. The Morgan fingerprint density at radius 2 is 1.95 bits per heavy atom. The Kier molecular flexibility index (Phi) is 3.76. The quantitative estimate of drug-likeness (QED) is 0.756. The van der Waals surface area contributed by atoms with Crippen molar-refractivity contribution in [2.75, 3.05) is 11.1 Å². The highest BCUT2D eigenvalue weighted by Crippen LogP contribution is 2.30. The van der Waals surface area contributed by atoms with Gasteiger partial charge in [0.2, 0.25) is 0 Å². The number of halogens is 3. The monoisotopic (exact) mass is 298 g/mol. The average molecular weight is 299 g/mol. The summed E-state index contributed by atoms with van der Waals surface area (Å²) >= 11 is 5.74. The van der Waals surface area contributed by atoms with E-state index < -0.39 is 17.6 Å². The minimum absolute atomic E-state index is 0.0149. The van der Waals surface area contributed by atoms with Gasteiger partial charge in [0.25, 0.3) is 0 Å². The Labute approximate surface area is 117 Å². The van der Waals surface area contributed by atoms with Crippen LogP contribution in [-0.2, 0) is 0 Å². The second kappa shape index (κ2) is 5.34. The highest BCUT2D eigenvalue weighted by atomic mass is 35.5. The first kappa shape index (κ1) is 14.1. The molecule has 0 amide bonds. The van der Waals surface area contributed by atoms with Gasteiger partial charge in [-0.25, -0.2) is 13.6 Å². The van der Waals surface area contributed by atoms with Crippen molar-refractivity contribution in [1.29, 1.82) is 0 Å². The molecule has 7 heteroatoms. The van der Waals surface area contributed by atoms with Gasteiger partial charge in [0.1, 0.15) is 5.82 Å². The molecular formula is C13H9ClF2N2O2. The van der Waals surface area contributed by atoms with E-state index in [1.807, 2.05) is 0 Å². The minimum Gasteiger partial charge on any atom is -0.478 e. The summed E-state index contributed by atoms with van der Waals surface area (Å²) < 4.78 is 26.5. The lowest BCUT2D eigenvalue weighted by Gasteiger charge is -2.11. The third-order valence-electron chi connectivity index (χ3n) is 2.56. The van der Waals surface area contributed by atoms with Crippen LogP contribution in [0.5, 0.6) is 0 Å². The lowest BCUT2D eigenvalue weighted by atomic mass is 10.1. The molecule has 2 rings (SSSR count). The van der Waals surface area contributed by atoms with Crippen LogP contribution < -0.4 is 11.1 Å². The number of hydrogen-bond acceptors (Lipinski definition) is 3. The first-order valence-corrected chi connectivity index (χ1v) is 5.80. The average Bonchev–Trinajstić information content (AvgIpc) is 2.33. The minimum atomic E-state index is -1.17. The molecule has 4 N–H and O–H groups in total. The number of hydrogen-bond donors (Lipinski definition) is 3. The Morgan fingerprint density at radius 3 is 2.50 bits per heavy atom. The van der Waals surface area contributed by atoms with Crippen LogP contribution in [0, 0.1) is 11.6 Å². The molecule has 0 aromatic heterocycles. The smallest absolute Gasteiger partial charge is 0.337 e. The topological polar surface area (TPSA) is 75.3 Å². The van der Waals surface area contributed by atoms with Gasteiger partial charge in [0.05, 0.1) is 16.3 Å². The van der Waals surface area contributed by atoms with Gasteiger partial charge in [0.15, 0.2) is 5.82 Å². The number of benzene rings is 2. The molecule has 0 aliphatic rings. The van der Waals surface area contributed by atoms with Crippen LogP contribution in [-0.4, -0.2) is 11.1 Å². The van der Waals surface area contributed by atoms with E-state index in [1.54, 1.807) is 0 Å². The second-order valence-corrected chi connectivity index (χ2v) is 4.38. The van der Waals surface area contributed by atoms with Crippen molar-refractivity contribution in [1.82, 2.24) is 0 Å². The lowest BCUT2D eigenvalue weighted by Crippen LogP contribution is -2.03. The maximum atomic E-state index is 13.6. The summed E-state index contributed by atoms with van der Waals surface area (Å²) in [5, 5.41) is 11.3. The van der Waals surface area contributed by atoms with E-state index in [-0.39, 0.29) is 22.0 Å². The Balaban J connectivity index is 2.36. The number of nitrogens with two attached hydrogens (primary N) is 1. The molecule has 20 heavy (non-hydrogen) atoms. The second-order valence-electron chi connectivity index (χ2n) is 3.98. The van der Waals surface area contributed by atoms with Gasteiger partial charge >= 0.3 is 5.97 Å². The Morgan fingerprint density at radius 1 is 1.25 bits per heavy atom. The van der Waals surface area contributed by atoms with Crippen LogP contribution >= 0.6 is 11.6 Å². The maximum Gasteiger partial charge on any atom is 0.337 e. The van der Waals surface area contributed by atoms with Crippen LogP contribution in [0.15, 0.2) is 30.3 Å². The molecule has 2 aromatic rings. The van der Waals surface area contributed by atoms with Crippen molar-refractivity contribution in [2.24, 2.45) is 0 Å². The molecule has 0 fully saturated rings. The van der Waals surface area contributed by atoms with Gasteiger partial charge in [-0.05, 0) is 24.3 Å².